The number of rotatable bonds is 3. The number of hydrogen-bond acceptors (Lipinski definition) is 4. The van der Waals surface area contributed by atoms with Gasteiger partial charge in [-0.05, 0) is 24.3 Å². The third kappa shape index (κ3) is 2.20. The first-order valence-electron chi connectivity index (χ1n) is 5.90. The van der Waals surface area contributed by atoms with Crippen LogP contribution in [0.5, 0.6) is 5.88 Å². The minimum absolute atomic E-state index is 0.442. The van der Waals surface area contributed by atoms with Crippen molar-refractivity contribution in [1.29, 1.82) is 0 Å². The van der Waals surface area contributed by atoms with E-state index in [4.69, 9.17) is 9.15 Å². The maximum absolute atomic E-state index is 5.78. The van der Waals surface area contributed by atoms with Crippen molar-refractivity contribution in [3.8, 4) is 28.8 Å². The molecule has 0 fully saturated rings. The molecule has 0 saturated heterocycles. The lowest BCUT2D eigenvalue weighted by atomic mass is 10.2. The maximum atomic E-state index is 5.78. The molecule has 2 heterocycles. The fraction of sp³-hybridized carbons (Fsp3) is 0.0667. The van der Waals surface area contributed by atoms with Crippen LogP contribution in [0, 0.1) is 0 Å². The lowest BCUT2D eigenvalue weighted by Gasteiger charge is -1.97. The molecule has 0 saturated carbocycles. The van der Waals surface area contributed by atoms with Gasteiger partial charge in [-0.3, -0.25) is 4.98 Å². The topological polar surface area (TPSA) is 48.2 Å². The summed E-state index contributed by atoms with van der Waals surface area (Å²) in [5, 5.41) is 0. The third-order valence-corrected chi connectivity index (χ3v) is 2.71. The summed E-state index contributed by atoms with van der Waals surface area (Å²) in [6.45, 7) is 0. The van der Waals surface area contributed by atoms with Crippen molar-refractivity contribution in [2.45, 2.75) is 0 Å². The van der Waals surface area contributed by atoms with E-state index in [1.165, 1.54) is 0 Å². The molecule has 4 nitrogen and oxygen atoms in total. The maximum Gasteiger partial charge on any atom is 0.263 e. The molecule has 0 bridgehead atoms. The van der Waals surface area contributed by atoms with Crippen LogP contribution < -0.4 is 4.74 Å². The predicted molar refractivity (Wildman–Crippen MR) is 71.7 cm³/mol. The summed E-state index contributed by atoms with van der Waals surface area (Å²) in [6, 6.07) is 15.3. The average Bonchev–Trinajstić information content (AvgIpc) is 2.93. The molecule has 4 heteroatoms. The van der Waals surface area contributed by atoms with E-state index in [-0.39, 0.29) is 0 Å². The Morgan fingerprint density at radius 1 is 1.00 bits per heavy atom. The van der Waals surface area contributed by atoms with E-state index in [0.29, 0.717) is 23.2 Å². The molecule has 0 atom stereocenters. The Morgan fingerprint density at radius 3 is 2.47 bits per heavy atom. The number of benzene rings is 1. The summed E-state index contributed by atoms with van der Waals surface area (Å²) in [4.78, 5) is 8.60. The molecule has 1 aromatic carbocycles. The van der Waals surface area contributed by atoms with Crippen molar-refractivity contribution >= 4 is 0 Å². The number of aromatic nitrogens is 2. The van der Waals surface area contributed by atoms with Crippen LogP contribution >= 0.6 is 0 Å². The molecule has 94 valence electrons. The lowest BCUT2D eigenvalue weighted by molar-refractivity contribution is 0.398. The number of oxazole rings is 1. The second-order valence-electron chi connectivity index (χ2n) is 3.94. The van der Waals surface area contributed by atoms with Crippen molar-refractivity contribution in [2.24, 2.45) is 0 Å². The largest absolute Gasteiger partial charge is 0.478 e. The number of pyridine rings is 1. The first kappa shape index (κ1) is 11.5. The van der Waals surface area contributed by atoms with Gasteiger partial charge in [0.2, 0.25) is 11.7 Å². The fourth-order valence-corrected chi connectivity index (χ4v) is 1.81. The van der Waals surface area contributed by atoms with Gasteiger partial charge in [-0.1, -0.05) is 24.3 Å². The van der Waals surface area contributed by atoms with Gasteiger partial charge in [-0.15, -0.1) is 0 Å². The molecular weight excluding hydrogens is 240 g/mol. The third-order valence-electron chi connectivity index (χ3n) is 2.71. The Kier molecular flexibility index (Phi) is 2.98. The van der Waals surface area contributed by atoms with Crippen LogP contribution in [0.25, 0.3) is 22.9 Å². The molecular formula is C15H12N2O2. The van der Waals surface area contributed by atoms with Crippen LogP contribution in [-0.2, 0) is 0 Å². The number of ether oxygens (including phenoxy) is 1. The van der Waals surface area contributed by atoms with Crippen molar-refractivity contribution in [1.82, 2.24) is 9.97 Å². The highest BCUT2D eigenvalue weighted by Crippen LogP contribution is 2.33. The summed E-state index contributed by atoms with van der Waals surface area (Å²) in [5.41, 5.74) is 1.61. The highest BCUT2D eigenvalue weighted by Gasteiger charge is 2.17. The minimum Gasteiger partial charge on any atom is -0.478 e. The lowest BCUT2D eigenvalue weighted by Crippen LogP contribution is -1.86. The molecule has 0 N–H and O–H groups in total. The first-order valence-corrected chi connectivity index (χ1v) is 5.90. The van der Waals surface area contributed by atoms with E-state index in [9.17, 15) is 0 Å². The van der Waals surface area contributed by atoms with Crippen LogP contribution in [0.15, 0.2) is 59.1 Å². The summed E-state index contributed by atoms with van der Waals surface area (Å²) in [5.74, 6) is 1.51. The van der Waals surface area contributed by atoms with Gasteiger partial charge in [0.25, 0.3) is 5.88 Å². The highest BCUT2D eigenvalue weighted by atomic mass is 16.5. The van der Waals surface area contributed by atoms with Crippen molar-refractivity contribution in [3.05, 3.63) is 54.7 Å². The zero-order chi connectivity index (χ0) is 13.1. The number of nitrogens with zero attached hydrogens (tertiary/aromatic N) is 2. The molecule has 0 aliphatic carbocycles. The van der Waals surface area contributed by atoms with Gasteiger partial charge in [0.1, 0.15) is 5.69 Å². The normalized spacial score (nSPS) is 10.4. The van der Waals surface area contributed by atoms with E-state index >= 15 is 0 Å². The number of hydrogen-bond donors (Lipinski definition) is 0. The molecule has 0 amide bonds. The van der Waals surface area contributed by atoms with E-state index < -0.39 is 0 Å². The minimum atomic E-state index is 0.442. The standard InChI is InChI=1S/C15H12N2O2/c1-18-15-13(12-9-5-6-10-16-12)19-14(17-15)11-7-3-2-4-8-11/h2-10H,1H3. The summed E-state index contributed by atoms with van der Waals surface area (Å²) in [6.07, 6.45) is 1.71. The van der Waals surface area contributed by atoms with E-state index in [1.54, 1.807) is 13.3 Å². The van der Waals surface area contributed by atoms with Crippen molar-refractivity contribution in [3.63, 3.8) is 0 Å². The van der Waals surface area contributed by atoms with Gasteiger partial charge < -0.3 is 9.15 Å². The van der Waals surface area contributed by atoms with E-state index in [0.717, 1.165) is 5.56 Å². The molecule has 2 aromatic heterocycles. The van der Waals surface area contributed by atoms with E-state index in [1.807, 2.05) is 48.5 Å². The Bertz CT molecular complexity index is 663. The summed E-state index contributed by atoms with van der Waals surface area (Å²) in [7, 11) is 1.57. The molecule has 0 radical (unpaired) electrons. The molecule has 19 heavy (non-hydrogen) atoms. The SMILES string of the molecule is COc1nc(-c2ccccc2)oc1-c1ccccn1. The van der Waals surface area contributed by atoms with Crippen LogP contribution in [0.3, 0.4) is 0 Å². The van der Waals surface area contributed by atoms with Crippen molar-refractivity contribution < 1.29 is 9.15 Å². The van der Waals surface area contributed by atoms with Gasteiger partial charge in [-0.2, -0.15) is 4.98 Å². The van der Waals surface area contributed by atoms with Gasteiger partial charge in [-0.25, -0.2) is 0 Å². The van der Waals surface area contributed by atoms with Crippen molar-refractivity contribution in [2.75, 3.05) is 7.11 Å². The number of methoxy groups -OCH3 is 1. The second-order valence-corrected chi connectivity index (χ2v) is 3.94. The Hall–Kier alpha value is -2.62. The summed E-state index contributed by atoms with van der Waals surface area (Å²) >= 11 is 0. The molecule has 0 spiro atoms. The van der Waals surface area contributed by atoms with Gasteiger partial charge in [0, 0.05) is 11.8 Å². The second kappa shape index (κ2) is 4.94. The predicted octanol–water partition coefficient (Wildman–Crippen LogP) is 3.41. The molecule has 0 aliphatic heterocycles. The zero-order valence-electron chi connectivity index (χ0n) is 10.4. The Labute approximate surface area is 110 Å². The summed E-state index contributed by atoms with van der Waals surface area (Å²) < 4.78 is 11.0. The quantitative estimate of drug-likeness (QED) is 0.716. The Morgan fingerprint density at radius 2 is 1.79 bits per heavy atom. The monoisotopic (exact) mass is 252 g/mol. The first-order chi connectivity index (χ1) is 9.38. The van der Waals surface area contributed by atoms with E-state index in [2.05, 4.69) is 9.97 Å². The molecule has 3 aromatic rings. The van der Waals surface area contributed by atoms with Crippen LogP contribution in [-0.4, -0.2) is 17.1 Å². The van der Waals surface area contributed by atoms with Crippen LogP contribution in [0.1, 0.15) is 0 Å². The molecule has 3 rings (SSSR count). The molecule has 0 unspecified atom stereocenters. The highest BCUT2D eigenvalue weighted by molar-refractivity contribution is 5.63. The zero-order valence-corrected chi connectivity index (χ0v) is 10.4. The van der Waals surface area contributed by atoms with Gasteiger partial charge >= 0.3 is 0 Å². The average molecular weight is 252 g/mol. The Balaban J connectivity index is 2.09. The smallest absolute Gasteiger partial charge is 0.263 e. The van der Waals surface area contributed by atoms with Gasteiger partial charge in [0.15, 0.2) is 0 Å². The van der Waals surface area contributed by atoms with Crippen LogP contribution in [0.4, 0.5) is 0 Å². The fourth-order valence-electron chi connectivity index (χ4n) is 1.81. The van der Waals surface area contributed by atoms with Gasteiger partial charge in [0.05, 0.1) is 7.11 Å². The van der Waals surface area contributed by atoms with Crippen LogP contribution in [0.2, 0.25) is 0 Å². The molecule has 0 aliphatic rings.